The van der Waals surface area contributed by atoms with Crippen LogP contribution in [-0.4, -0.2) is 72.0 Å². The summed E-state index contributed by atoms with van der Waals surface area (Å²) >= 11 is 1.53. The Morgan fingerprint density at radius 3 is 2.70 bits per heavy atom. The van der Waals surface area contributed by atoms with Crippen LogP contribution in [0.5, 0.6) is 0 Å². The molecule has 1 fully saturated rings. The van der Waals surface area contributed by atoms with Gasteiger partial charge in [0.25, 0.3) is 0 Å². The third kappa shape index (κ3) is 6.36. The number of hydrogen-bond donors (Lipinski definition) is 0. The first-order valence-electron chi connectivity index (χ1n) is 9.69. The van der Waals surface area contributed by atoms with Crippen molar-refractivity contribution in [3.63, 3.8) is 0 Å². The van der Waals surface area contributed by atoms with Gasteiger partial charge in [0.15, 0.2) is 0 Å². The van der Waals surface area contributed by atoms with E-state index in [9.17, 15) is 14.4 Å². The lowest BCUT2D eigenvalue weighted by molar-refractivity contribution is -0.142. The van der Waals surface area contributed by atoms with Crippen LogP contribution in [0.4, 0.5) is 0 Å². The van der Waals surface area contributed by atoms with Gasteiger partial charge >= 0.3 is 5.97 Å². The Morgan fingerprint density at radius 2 is 2.00 bits per heavy atom. The molecule has 160 valence electrons. The summed E-state index contributed by atoms with van der Waals surface area (Å²) < 4.78 is 10.7. The summed E-state index contributed by atoms with van der Waals surface area (Å²) in [5.41, 5.74) is 1.89. The molecule has 2 aromatic heterocycles. The van der Waals surface area contributed by atoms with Gasteiger partial charge in [0, 0.05) is 32.0 Å². The van der Waals surface area contributed by atoms with E-state index in [0.29, 0.717) is 19.7 Å². The zero-order chi connectivity index (χ0) is 21.3. The van der Waals surface area contributed by atoms with E-state index in [1.54, 1.807) is 22.2 Å². The number of methoxy groups -OCH3 is 1. The molecule has 1 saturated heterocycles. The van der Waals surface area contributed by atoms with E-state index in [1.807, 2.05) is 29.0 Å². The van der Waals surface area contributed by atoms with Gasteiger partial charge in [-0.05, 0) is 40.1 Å². The summed E-state index contributed by atoms with van der Waals surface area (Å²) in [7, 11) is 1.32. The maximum Gasteiger partial charge on any atom is 0.307 e. The van der Waals surface area contributed by atoms with Crippen molar-refractivity contribution in [3.8, 4) is 0 Å². The Hall–Kier alpha value is -2.78. The summed E-state index contributed by atoms with van der Waals surface area (Å²) in [5, 5.41) is 3.85. The molecule has 0 bridgehead atoms. The van der Waals surface area contributed by atoms with Crippen molar-refractivity contribution in [2.45, 2.75) is 25.6 Å². The van der Waals surface area contributed by atoms with E-state index in [0.717, 1.165) is 11.1 Å². The van der Waals surface area contributed by atoms with Crippen LogP contribution in [0, 0.1) is 0 Å². The third-order valence-electron chi connectivity index (χ3n) is 4.86. The molecule has 0 aromatic carbocycles. The summed E-state index contributed by atoms with van der Waals surface area (Å²) in [6, 6.07) is 5.62. The molecule has 1 unspecified atom stereocenters. The molecule has 0 radical (unpaired) electrons. The van der Waals surface area contributed by atoms with E-state index in [-0.39, 0.29) is 49.8 Å². The lowest BCUT2D eigenvalue weighted by Crippen LogP contribution is -2.40. The number of carbonyl (C=O) groups excluding carboxylic acids is 3. The Labute approximate surface area is 179 Å². The summed E-state index contributed by atoms with van der Waals surface area (Å²) in [6.45, 7) is 1.17. The van der Waals surface area contributed by atoms with Crippen LogP contribution in [0.1, 0.15) is 17.5 Å². The number of aromatic nitrogens is 1. The summed E-state index contributed by atoms with van der Waals surface area (Å²) in [5.74, 6) is -0.701. The van der Waals surface area contributed by atoms with Crippen LogP contribution < -0.4 is 0 Å². The van der Waals surface area contributed by atoms with Crippen molar-refractivity contribution >= 4 is 29.1 Å². The molecule has 0 aliphatic carbocycles. The van der Waals surface area contributed by atoms with E-state index < -0.39 is 0 Å². The van der Waals surface area contributed by atoms with Crippen LogP contribution in [-0.2, 0) is 36.9 Å². The number of ether oxygens (including phenoxy) is 2. The monoisotopic (exact) mass is 431 g/mol. The maximum atomic E-state index is 12.8. The molecule has 1 atom stereocenters. The second-order valence-corrected chi connectivity index (χ2v) is 7.82. The Balaban J connectivity index is 1.69. The predicted octanol–water partition coefficient (Wildman–Crippen LogP) is 1.50. The zero-order valence-electron chi connectivity index (χ0n) is 16.9. The maximum absolute atomic E-state index is 12.8. The topological polar surface area (TPSA) is 89.0 Å². The molecule has 8 nitrogen and oxygen atoms in total. The van der Waals surface area contributed by atoms with Gasteiger partial charge < -0.3 is 19.3 Å². The van der Waals surface area contributed by atoms with Gasteiger partial charge in [0.05, 0.1) is 39.2 Å². The van der Waals surface area contributed by atoms with Crippen LogP contribution in [0.25, 0.3) is 0 Å². The normalized spacial score (nSPS) is 17.0. The molecule has 1 aliphatic heterocycles. The Bertz CT molecular complexity index is 844. The van der Waals surface area contributed by atoms with Crippen molar-refractivity contribution in [2.75, 3.05) is 33.3 Å². The average Bonchev–Trinajstić information content (AvgIpc) is 3.21. The Morgan fingerprint density at radius 1 is 1.20 bits per heavy atom. The fourth-order valence-electron chi connectivity index (χ4n) is 3.19. The van der Waals surface area contributed by atoms with E-state index in [2.05, 4.69) is 9.72 Å². The largest absolute Gasteiger partial charge is 0.469 e. The highest BCUT2D eigenvalue weighted by Crippen LogP contribution is 2.14. The SMILES string of the molecule is COC(=O)CCN1CC(OCc2ccncc2)CN(C(=O)Cc2ccsc2)CC1=O. The molecule has 0 spiro atoms. The van der Waals surface area contributed by atoms with Gasteiger partial charge in [-0.25, -0.2) is 0 Å². The molecular weight excluding hydrogens is 406 g/mol. The number of carbonyl (C=O) groups is 3. The number of thiophene rings is 1. The quantitative estimate of drug-likeness (QED) is 0.589. The highest BCUT2D eigenvalue weighted by Gasteiger charge is 2.31. The van der Waals surface area contributed by atoms with Crippen LogP contribution in [0.2, 0.25) is 0 Å². The first-order chi connectivity index (χ1) is 14.5. The lowest BCUT2D eigenvalue weighted by Gasteiger charge is -2.24. The zero-order valence-corrected chi connectivity index (χ0v) is 17.7. The van der Waals surface area contributed by atoms with Crippen molar-refractivity contribution in [1.82, 2.24) is 14.8 Å². The van der Waals surface area contributed by atoms with Gasteiger partial charge in [-0.3, -0.25) is 19.4 Å². The van der Waals surface area contributed by atoms with Gasteiger partial charge in [0.1, 0.15) is 0 Å². The fraction of sp³-hybridized carbons (Fsp3) is 0.429. The molecule has 0 N–H and O–H groups in total. The first kappa shape index (κ1) is 21.9. The summed E-state index contributed by atoms with van der Waals surface area (Å²) in [4.78, 5) is 44.2. The van der Waals surface area contributed by atoms with Gasteiger partial charge in [-0.15, -0.1) is 0 Å². The summed E-state index contributed by atoms with van der Waals surface area (Å²) in [6.07, 6.45) is 3.36. The van der Waals surface area contributed by atoms with E-state index in [4.69, 9.17) is 4.74 Å². The van der Waals surface area contributed by atoms with Crippen LogP contribution >= 0.6 is 11.3 Å². The first-order valence-corrected chi connectivity index (χ1v) is 10.6. The minimum absolute atomic E-state index is 0.0285. The molecule has 3 rings (SSSR count). The van der Waals surface area contributed by atoms with Crippen molar-refractivity contribution in [1.29, 1.82) is 0 Å². The minimum Gasteiger partial charge on any atom is -0.469 e. The highest BCUT2D eigenvalue weighted by molar-refractivity contribution is 7.08. The fourth-order valence-corrected chi connectivity index (χ4v) is 3.86. The molecule has 0 saturated carbocycles. The van der Waals surface area contributed by atoms with Crippen molar-refractivity contribution in [3.05, 3.63) is 52.5 Å². The smallest absolute Gasteiger partial charge is 0.307 e. The van der Waals surface area contributed by atoms with Crippen molar-refractivity contribution < 1.29 is 23.9 Å². The number of esters is 1. The van der Waals surface area contributed by atoms with Gasteiger partial charge in [-0.2, -0.15) is 11.3 Å². The van der Waals surface area contributed by atoms with Crippen LogP contribution in [0.15, 0.2) is 41.4 Å². The lowest BCUT2D eigenvalue weighted by atomic mass is 10.2. The van der Waals surface area contributed by atoms with Crippen LogP contribution in [0.3, 0.4) is 0 Å². The number of hydrogen-bond acceptors (Lipinski definition) is 7. The molecule has 30 heavy (non-hydrogen) atoms. The third-order valence-corrected chi connectivity index (χ3v) is 5.60. The van der Waals surface area contributed by atoms with Crippen molar-refractivity contribution in [2.24, 2.45) is 0 Å². The second kappa shape index (κ2) is 10.8. The van der Waals surface area contributed by atoms with E-state index >= 15 is 0 Å². The van der Waals surface area contributed by atoms with E-state index in [1.165, 1.54) is 18.4 Å². The molecule has 1 aliphatic rings. The van der Waals surface area contributed by atoms with Gasteiger partial charge in [-0.1, -0.05) is 0 Å². The van der Waals surface area contributed by atoms with Gasteiger partial charge in [0.2, 0.25) is 11.8 Å². The Kier molecular flexibility index (Phi) is 7.92. The number of amides is 2. The number of nitrogens with zero attached hydrogens (tertiary/aromatic N) is 3. The molecule has 9 heteroatoms. The number of pyridine rings is 1. The molecule has 2 amide bonds. The minimum atomic E-state index is -0.383. The second-order valence-electron chi connectivity index (χ2n) is 7.04. The molecule has 2 aromatic rings. The molecule has 3 heterocycles. The standard InChI is InChI=1S/C21H25N3O5S/c1-28-21(27)4-8-23-11-18(29-14-16-2-6-22-7-3-16)12-24(13-20(23)26)19(25)10-17-5-9-30-15-17/h2-3,5-7,9,15,18H,4,8,10-14H2,1H3. The predicted molar refractivity (Wildman–Crippen MR) is 111 cm³/mol. The molecular formula is C21H25N3O5S. The highest BCUT2D eigenvalue weighted by atomic mass is 32.1. The average molecular weight is 432 g/mol. The number of rotatable bonds is 8.